The number of carbonyl (C=O) groups excluding carboxylic acids is 1. The van der Waals surface area contributed by atoms with E-state index in [9.17, 15) is 47.2 Å². The van der Waals surface area contributed by atoms with Crippen molar-refractivity contribution in [3.63, 3.8) is 0 Å². The van der Waals surface area contributed by atoms with Crippen molar-refractivity contribution in [3.8, 4) is 0 Å². The van der Waals surface area contributed by atoms with Crippen molar-refractivity contribution in [2.75, 3.05) is 65.3 Å². The molecule has 51 heavy (non-hydrogen) atoms. The van der Waals surface area contributed by atoms with Crippen molar-refractivity contribution >= 4 is 80.6 Å². The number of sulfone groups is 2. The molecule has 2 aromatic carbocycles. The first kappa shape index (κ1) is 40.6. The molecule has 0 spiro atoms. The Morgan fingerprint density at radius 1 is 0.843 bits per heavy atom. The summed E-state index contributed by atoms with van der Waals surface area (Å²) in [6.45, 7) is -0.871. The zero-order valence-electron chi connectivity index (χ0n) is 26.6. The number of rotatable bonds is 9. The van der Waals surface area contributed by atoms with Crippen LogP contribution in [0.1, 0.15) is 16.1 Å². The van der Waals surface area contributed by atoms with Crippen LogP contribution in [-0.4, -0.2) is 110 Å². The smallest absolute Gasteiger partial charge is 0.339 e. The summed E-state index contributed by atoms with van der Waals surface area (Å²) in [7, 11) is -13.3. The van der Waals surface area contributed by atoms with E-state index in [1.165, 1.54) is 37.6 Å². The minimum absolute atomic E-state index is 0.0821. The summed E-state index contributed by atoms with van der Waals surface area (Å²) in [5.41, 5.74) is 0.677. The van der Waals surface area contributed by atoms with Crippen LogP contribution in [0, 0.1) is 11.6 Å². The first-order chi connectivity index (χ1) is 23.7. The van der Waals surface area contributed by atoms with E-state index < -0.39 is 57.7 Å². The van der Waals surface area contributed by atoms with Gasteiger partial charge < -0.3 is 4.74 Å². The summed E-state index contributed by atoms with van der Waals surface area (Å²) in [4.78, 5) is 15.7. The molecule has 2 aliphatic heterocycles. The standard InChI is InChI=1S/C18H19ClFN3O6S2.C10H12ClFN2O4S2/c1-29-18(24)13-2-3-14(21-11-13)12-23(15-4-5-17(20)16(19)10-15)31(27,28)22-6-8-30(25,26)9-7-22;11-9-7-8(1-2-10(9)12)13-20(17,18)14-3-5-19(15,16)6-4-14/h2-5,10-11H,6-9,12H2,1H3;1-2,7,13H,3-6H2. The molecule has 0 saturated carbocycles. The minimum Gasteiger partial charge on any atom is -0.465 e. The van der Waals surface area contributed by atoms with Crippen molar-refractivity contribution in [1.29, 1.82) is 0 Å². The zero-order chi connectivity index (χ0) is 37.8. The number of methoxy groups -OCH3 is 1. The second-order valence-corrected chi connectivity index (χ2v) is 19.9. The number of pyridine rings is 1. The fourth-order valence-electron chi connectivity index (χ4n) is 4.62. The number of hydrogen-bond acceptors (Lipinski definition) is 11. The summed E-state index contributed by atoms with van der Waals surface area (Å²) in [6, 6.07) is 9.77. The van der Waals surface area contributed by atoms with Gasteiger partial charge in [0, 0.05) is 32.4 Å². The van der Waals surface area contributed by atoms with Gasteiger partial charge in [0.1, 0.15) is 11.6 Å². The molecule has 3 aromatic rings. The largest absolute Gasteiger partial charge is 0.465 e. The second kappa shape index (κ2) is 16.2. The third-order valence-electron chi connectivity index (χ3n) is 7.46. The Labute approximate surface area is 304 Å². The van der Waals surface area contributed by atoms with E-state index in [4.69, 9.17) is 23.2 Å². The highest BCUT2D eigenvalue weighted by Crippen LogP contribution is 2.28. The van der Waals surface area contributed by atoms with Crippen LogP contribution in [0.4, 0.5) is 20.2 Å². The number of hydrogen-bond donors (Lipinski definition) is 1. The maximum absolute atomic E-state index is 13.6. The molecule has 0 unspecified atom stereocenters. The van der Waals surface area contributed by atoms with Gasteiger partial charge in [-0.15, -0.1) is 0 Å². The van der Waals surface area contributed by atoms with Gasteiger partial charge >= 0.3 is 26.4 Å². The number of nitrogens with one attached hydrogen (secondary N) is 1. The monoisotopic (exact) mass is 833 g/mol. The molecule has 2 fully saturated rings. The number of ether oxygens (including phenoxy) is 1. The summed E-state index contributed by atoms with van der Waals surface area (Å²) in [5.74, 6) is -2.97. The van der Waals surface area contributed by atoms with Crippen LogP contribution in [0.2, 0.25) is 10.0 Å². The van der Waals surface area contributed by atoms with E-state index in [-0.39, 0.29) is 82.7 Å². The molecule has 0 aliphatic carbocycles. The molecule has 2 aliphatic rings. The summed E-state index contributed by atoms with van der Waals surface area (Å²) in [5, 5.41) is -0.473. The molecule has 1 N–H and O–H groups in total. The number of carbonyl (C=O) groups is 1. The summed E-state index contributed by atoms with van der Waals surface area (Å²) >= 11 is 11.4. The molecule has 5 rings (SSSR count). The van der Waals surface area contributed by atoms with Gasteiger partial charge in [0.15, 0.2) is 19.7 Å². The van der Waals surface area contributed by atoms with Crippen LogP contribution in [0.25, 0.3) is 0 Å². The summed E-state index contributed by atoms with van der Waals surface area (Å²) in [6.07, 6.45) is 1.25. The van der Waals surface area contributed by atoms with Gasteiger partial charge in [-0.2, -0.15) is 25.4 Å². The van der Waals surface area contributed by atoms with E-state index in [0.717, 1.165) is 37.2 Å². The Bertz CT molecular complexity index is 2190. The Hall–Kier alpha value is -3.18. The molecular weight excluding hydrogens is 804 g/mol. The maximum Gasteiger partial charge on any atom is 0.339 e. The van der Waals surface area contributed by atoms with Crippen LogP contribution in [0.15, 0.2) is 54.7 Å². The van der Waals surface area contributed by atoms with Crippen LogP contribution in [0.3, 0.4) is 0 Å². The van der Waals surface area contributed by atoms with Gasteiger partial charge in [0.25, 0.3) is 0 Å². The highest BCUT2D eigenvalue weighted by Gasteiger charge is 2.35. The lowest BCUT2D eigenvalue weighted by molar-refractivity contribution is 0.0600. The van der Waals surface area contributed by atoms with Gasteiger partial charge in [0.2, 0.25) is 0 Å². The Morgan fingerprint density at radius 2 is 1.37 bits per heavy atom. The quantitative estimate of drug-likeness (QED) is 0.311. The zero-order valence-corrected chi connectivity index (χ0v) is 31.4. The van der Waals surface area contributed by atoms with Gasteiger partial charge in [-0.25, -0.2) is 30.4 Å². The second-order valence-electron chi connectivity index (χ2n) is 11.0. The average molecular weight is 835 g/mol. The average Bonchev–Trinajstić information content (AvgIpc) is 3.06. The SMILES string of the molecule is COC(=O)c1ccc(CN(c2ccc(F)c(Cl)c2)S(=O)(=O)N2CCS(=O)(=O)CC2)nc1.O=S1(=O)CCN(S(=O)(=O)Nc2ccc(F)c(Cl)c2)CC1. The first-order valence-corrected chi connectivity index (χ1v) is 21.9. The number of halogens is 4. The molecule has 15 nitrogen and oxygen atoms in total. The van der Waals surface area contributed by atoms with Gasteiger partial charge in [-0.3, -0.25) is 14.0 Å². The van der Waals surface area contributed by atoms with Crippen LogP contribution < -0.4 is 9.03 Å². The van der Waals surface area contributed by atoms with Gasteiger partial charge in [-0.05, 0) is 48.5 Å². The van der Waals surface area contributed by atoms with Crippen molar-refractivity contribution in [1.82, 2.24) is 13.6 Å². The molecule has 23 heteroatoms. The molecule has 280 valence electrons. The number of aromatic nitrogens is 1. The maximum atomic E-state index is 13.6. The fraction of sp³-hybridized carbons (Fsp3) is 0.357. The molecular formula is C28H31Cl2F2N5O10S4. The van der Waals surface area contributed by atoms with E-state index in [1.807, 2.05) is 0 Å². The number of nitrogens with zero attached hydrogens (tertiary/aromatic N) is 4. The predicted molar refractivity (Wildman–Crippen MR) is 186 cm³/mol. The number of anilines is 2. The van der Waals surface area contributed by atoms with Crippen LogP contribution >= 0.6 is 23.2 Å². The van der Waals surface area contributed by atoms with Crippen molar-refractivity contribution in [3.05, 3.63) is 87.7 Å². The normalized spacial score (nSPS) is 17.8. The molecule has 3 heterocycles. The molecule has 2 saturated heterocycles. The lowest BCUT2D eigenvalue weighted by Crippen LogP contribution is -2.50. The molecule has 0 amide bonds. The Morgan fingerprint density at radius 3 is 1.86 bits per heavy atom. The van der Waals surface area contributed by atoms with E-state index in [1.54, 1.807) is 0 Å². The van der Waals surface area contributed by atoms with E-state index in [0.29, 0.717) is 5.69 Å². The minimum atomic E-state index is -4.20. The predicted octanol–water partition coefficient (Wildman–Crippen LogP) is 2.51. The van der Waals surface area contributed by atoms with Gasteiger partial charge in [0.05, 0.1) is 69.3 Å². The third-order valence-corrected chi connectivity index (χ3v) is 14.7. The highest BCUT2D eigenvalue weighted by molar-refractivity contribution is 7.93. The van der Waals surface area contributed by atoms with Crippen LogP contribution in [-0.2, 0) is 51.4 Å². The Balaban J connectivity index is 0.000000251. The van der Waals surface area contributed by atoms with Crippen molar-refractivity contribution in [2.24, 2.45) is 0 Å². The lowest BCUT2D eigenvalue weighted by Gasteiger charge is -2.33. The van der Waals surface area contributed by atoms with Gasteiger partial charge in [-0.1, -0.05) is 23.2 Å². The van der Waals surface area contributed by atoms with Crippen LogP contribution in [0.5, 0.6) is 0 Å². The first-order valence-electron chi connectivity index (χ1n) is 14.6. The number of benzene rings is 2. The Kier molecular flexibility index (Phi) is 12.9. The number of esters is 1. The van der Waals surface area contributed by atoms with E-state index in [2.05, 4.69) is 14.4 Å². The molecule has 0 radical (unpaired) electrons. The molecule has 1 aromatic heterocycles. The fourth-order valence-corrected chi connectivity index (χ4v) is 10.7. The molecule has 0 bridgehead atoms. The van der Waals surface area contributed by atoms with Crippen molar-refractivity contribution < 1.29 is 52.0 Å². The van der Waals surface area contributed by atoms with E-state index >= 15 is 0 Å². The summed E-state index contributed by atoms with van der Waals surface area (Å²) < 4.78 is 133. The topological polar surface area (TPSA) is 198 Å². The van der Waals surface area contributed by atoms with Crippen molar-refractivity contribution in [2.45, 2.75) is 6.54 Å². The lowest BCUT2D eigenvalue weighted by atomic mass is 10.2. The third kappa shape index (κ3) is 10.7. The molecule has 0 atom stereocenters. The highest BCUT2D eigenvalue weighted by atomic mass is 35.5.